The zero-order chi connectivity index (χ0) is 23.3. The summed E-state index contributed by atoms with van der Waals surface area (Å²) in [5.41, 5.74) is -1.69. The van der Waals surface area contributed by atoms with Gasteiger partial charge in [0, 0.05) is 36.8 Å². The molecule has 2 fully saturated rings. The van der Waals surface area contributed by atoms with Crippen molar-refractivity contribution in [2.75, 3.05) is 18.0 Å². The average molecular weight is 510 g/mol. The number of hydrogen-bond donors (Lipinski definition) is 1. The molecule has 172 valence electrons. The molecule has 1 saturated carbocycles. The summed E-state index contributed by atoms with van der Waals surface area (Å²) in [6.07, 6.45) is -3.15. The molecule has 1 atom stereocenters. The minimum atomic E-state index is -4.59. The number of halogens is 7. The van der Waals surface area contributed by atoms with Crippen molar-refractivity contribution < 1.29 is 22.4 Å². The molecule has 32 heavy (non-hydrogen) atoms. The molecule has 1 saturated heterocycles. The van der Waals surface area contributed by atoms with Crippen LogP contribution in [0.25, 0.3) is 0 Å². The predicted molar refractivity (Wildman–Crippen MR) is 117 cm³/mol. The molecule has 1 amide bonds. The number of benzene rings is 2. The van der Waals surface area contributed by atoms with Crippen LogP contribution in [-0.4, -0.2) is 25.2 Å². The monoisotopic (exact) mass is 508 g/mol. The second-order valence-corrected chi connectivity index (χ2v) is 9.47. The maximum atomic E-state index is 14.6. The third kappa shape index (κ3) is 4.39. The summed E-state index contributed by atoms with van der Waals surface area (Å²) in [7, 11) is 0. The van der Waals surface area contributed by atoms with E-state index >= 15 is 0 Å². The first-order valence-corrected chi connectivity index (χ1v) is 11.2. The number of amides is 1. The smallest absolute Gasteiger partial charge is 0.370 e. The van der Waals surface area contributed by atoms with Gasteiger partial charge in [-0.2, -0.15) is 13.2 Å². The number of nitrogens with zero attached hydrogens (tertiary/aromatic N) is 1. The fourth-order valence-corrected chi connectivity index (χ4v) is 4.64. The number of nitrogens with one attached hydrogen (secondary N) is 1. The first kappa shape index (κ1) is 23.5. The van der Waals surface area contributed by atoms with Gasteiger partial charge in [-0.3, -0.25) is 4.79 Å². The molecule has 0 aromatic heterocycles. The van der Waals surface area contributed by atoms with E-state index in [0.29, 0.717) is 5.69 Å². The van der Waals surface area contributed by atoms with Crippen molar-refractivity contribution >= 4 is 46.4 Å². The molecular formula is C22H19Cl3F4N2O. The van der Waals surface area contributed by atoms with Gasteiger partial charge in [-0.25, -0.2) is 4.39 Å². The highest BCUT2D eigenvalue weighted by Gasteiger charge is 2.59. The Morgan fingerprint density at radius 3 is 2.34 bits per heavy atom. The molecular weight excluding hydrogens is 491 g/mol. The molecule has 2 aliphatic rings. The summed E-state index contributed by atoms with van der Waals surface area (Å²) in [5, 5.41) is 2.57. The molecule has 1 aliphatic heterocycles. The second-order valence-electron chi connectivity index (χ2n) is 8.27. The molecule has 3 nitrogen and oxygen atoms in total. The van der Waals surface area contributed by atoms with Gasteiger partial charge in [-0.1, -0.05) is 40.9 Å². The van der Waals surface area contributed by atoms with E-state index in [-0.39, 0.29) is 57.5 Å². The average Bonchev–Trinajstić information content (AvgIpc) is 3.47. The maximum absolute atomic E-state index is 14.6. The molecule has 0 spiro atoms. The summed E-state index contributed by atoms with van der Waals surface area (Å²) in [6, 6.07) is 6.64. The molecule has 10 heteroatoms. The molecule has 1 N–H and O–H groups in total. The molecule has 0 bridgehead atoms. The van der Waals surface area contributed by atoms with Gasteiger partial charge in [0.25, 0.3) is 0 Å². The Hall–Kier alpha value is -1.70. The SMILES string of the molecule is O=C(NCc1ccc(N2CCC(c3cc(Cl)c(Cl)c(Cl)c3)(C(F)(F)F)C2)cc1F)C1CC1. The van der Waals surface area contributed by atoms with Gasteiger partial charge in [-0.05, 0) is 49.1 Å². The van der Waals surface area contributed by atoms with E-state index < -0.39 is 24.0 Å². The standard InChI is InChI=1S/C22H19Cl3F4N2O/c23-16-7-14(8-17(24)19(16)25)21(22(27,28)29)5-6-31(11-21)15-4-3-13(18(26)9-15)10-30-20(32)12-1-2-12/h3-4,7-9,12H,1-2,5-6,10-11H2,(H,30,32). The maximum Gasteiger partial charge on any atom is 0.400 e. The van der Waals surface area contributed by atoms with E-state index in [0.717, 1.165) is 12.8 Å². The summed E-state index contributed by atoms with van der Waals surface area (Å²) in [4.78, 5) is 13.2. The largest absolute Gasteiger partial charge is 0.400 e. The van der Waals surface area contributed by atoms with Crippen LogP contribution < -0.4 is 10.2 Å². The van der Waals surface area contributed by atoms with Crippen LogP contribution in [0.2, 0.25) is 15.1 Å². The summed E-state index contributed by atoms with van der Waals surface area (Å²) >= 11 is 17.9. The van der Waals surface area contributed by atoms with Gasteiger partial charge in [0.2, 0.25) is 5.91 Å². The third-order valence-electron chi connectivity index (χ3n) is 6.15. The molecule has 2 aromatic rings. The number of carbonyl (C=O) groups excluding carboxylic acids is 1. The lowest BCUT2D eigenvalue weighted by molar-refractivity contribution is -0.184. The van der Waals surface area contributed by atoms with E-state index in [1.165, 1.54) is 29.2 Å². The van der Waals surface area contributed by atoms with Crippen molar-refractivity contribution in [1.82, 2.24) is 5.32 Å². The van der Waals surface area contributed by atoms with Crippen LogP contribution >= 0.6 is 34.8 Å². The van der Waals surface area contributed by atoms with Gasteiger partial charge in [0.15, 0.2) is 0 Å². The van der Waals surface area contributed by atoms with Crippen LogP contribution in [0.1, 0.15) is 30.4 Å². The third-order valence-corrected chi connectivity index (χ3v) is 7.35. The molecule has 1 unspecified atom stereocenters. The van der Waals surface area contributed by atoms with Crippen LogP contribution in [0, 0.1) is 11.7 Å². The number of alkyl halides is 3. The quantitative estimate of drug-likeness (QED) is 0.367. The summed E-state index contributed by atoms with van der Waals surface area (Å²) in [6.45, 7) is -0.313. The fraction of sp³-hybridized carbons (Fsp3) is 0.409. The highest BCUT2D eigenvalue weighted by molar-refractivity contribution is 6.48. The molecule has 4 rings (SSSR count). The van der Waals surface area contributed by atoms with Crippen LogP contribution in [-0.2, 0) is 16.8 Å². The zero-order valence-corrected chi connectivity index (χ0v) is 19.0. The zero-order valence-electron chi connectivity index (χ0n) is 16.7. The minimum Gasteiger partial charge on any atom is -0.370 e. The summed E-state index contributed by atoms with van der Waals surface area (Å²) < 4.78 is 57.5. The topological polar surface area (TPSA) is 32.3 Å². The fourth-order valence-electron chi connectivity index (χ4n) is 4.04. The Labute approximate surface area is 197 Å². The first-order valence-electron chi connectivity index (χ1n) is 10.0. The Bertz CT molecular complexity index is 1030. The normalized spacial score (nSPS) is 21.2. The van der Waals surface area contributed by atoms with Crippen molar-refractivity contribution in [3.05, 3.63) is 62.3 Å². The lowest BCUT2D eigenvalue weighted by Gasteiger charge is -2.33. The van der Waals surface area contributed by atoms with E-state index in [4.69, 9.17) is 34.8 Å². The second kappa shape index (κ2) is 8.58. The number of hydrogen-bond acceptors (Lipinski definition) is 2. The lowest BCUT2D eigenvalue weighted by Crippen LogP contribution is -2.45. The van der Waals surface area contributed by atoms with Crippen LogP contribution in [0.15, 0.2) is 30.3 Å². The van der Waals surface area contributed by atoms with Crippen molar-refractivity contribution in [2.45, 2.75) is 37.4 Å². The number of carbonyl (C=O) groups is 1. The van der Waals surface area contributed by atoms with Crippen molar-refractivity contribution in [3.63, 3.8) is 0 Å². The van der Waals surface area contributed by atoms with E-state index in [9.17, 15) is 22.4 Å². The van der Waals surface area contributed by atoms with Gasteiger partial charge >= 0.3 is 6.18 Å². The highest BCUT2D eigenvalue weighted by Crippen LogP contribution is 2.50. The summed E-state index contributed by atoms with van der Waals surface area (Å²) in [5.74, 6) is -0.684. The number of rotatable bonds is 5. The van der Waals surface area contributed by atoms with E-state index in [1.54, 1.807) is 6.07 Å². The van der Waals surface area contributed by atoms with E-state index in [2.05, 4.69) is 5.32 Å². The van der Waals surface area contributed by atoms with Crippen LogP contribution in [0.4, 0.5) is 23.2 Å². The van der Waals surface area contributed by atoms with Gasteiger partial charge in [0.05, 0.1) is 15.1 Å². The van der Waals surface area contributed by atoms with Gasteiger partial charge < -0.3 is 10.2 Å². The van der Waals surface area contributed by atoms with Gasteiger partial charge in [0.1, 0.15) is 11.2 Å². The van der Waals surface area contributed by atoms with Crippen LogP contribution in [0.5, 0.6) is 0 Å². The van der Waals surface area contributed by atoms with E-state index in [1.807, 2.05) is 0 Å². The Balaban J connectivity index is 1.57. The molecule has 0 radical (unpaired) electrons. The Morgan fingerprint density at radius 1 is 1.12 bits per heavy atom. The Kier molecular flexibility index (Phi) is 6.29. The first-order chi connectivity index (χ1) is 15.0. The predicted octanol–water partition coefficient (Wildman–Crippen LogP) is 6.52. The lowest BCUT2D eigenvalue weighted by atomic mass is 9.79. The van der Waals surface area contributed by atoms with Crippen LogP contribution in [0.3, 0.4) is 0 Å². The Morgan fingerprint density at radius 2 is 1.78 bits per heavy atom. The van der Waals surface area contributed by atoms with Crippen molar-refractivity contribution in [3.8, 4) is 0 Å². The molecule has 1 aliphatic carbocycles. The van der Waals surface area contributed by atoms with Gasteiger partial charge in [-0.15, -0.1) is 0 Å². The minimum absolute atomic E-state index is 0.00398. The highest BCUT2D eigenvalue weighted by atomic mass is 35.5. The number of anilines is 1. The molecule has 2 aromatic carbocycles. The molecule has 1 heterocycles. The van der Waals surface area contributed by atoms with Crippen molar-refractivity contribution in [1.29, 1.82) is 0 Å². The van der Waals surface area contributed by atoms with Crippen molar-refractivity contribution in [2.24, 2.45) is 5.92 Å².